The van der Waals surface area contributed by atoms with Gasteiger partial charge in [-0.15, -0.1) is 11.3 Å². The number of aliphatic hydroxyl groups is 1. The van der Waals surface area contributed by atoms with Crippen LogP contribution in [-0.2, 0) is 34.0 Å². The Morgan fingerprint density at radius 3 is 2.17 bits per heavy atom. The number of nitro benzene ring substituents is 1. The predicted octanol–water partition coefficient (Wildman–Crippen LogP) is -0.765. The van der Waals surface area contributed by atoms with Gasteiger partial charge in [-0.3, -0.25) is 58.9 Å². The molecule has 2 unspecified atom stereocenters. The molecule has 9 N–H and O–H groups in total. The van der Waals surface area contributed by atoms with Crippen molar-refractivity contribution in [1.29, 1.82) is 0 Å². The molecule has 5 rings (SSSR count). The Bertz CT molecular complexity index is 2380. The summed E-state index contributed by atoms with van der Waals surface area (Å²) in [5, 5.41) is 66.0. The maximum Gasteiger partial charge on any atom is 0.320 e. The summed E-state index contributed by atoms with van der Waals surface area (Å²) in [5.41, 5.74) is -0.694. The molecule has 66 heavy (non-hydrogen) atoms. The predicted molar refractivity (Wildman–Crippen MR) is 236 cm³/mol. The number of fused-ring (bicyclic) bond motifs is 1. The van der Waals surface area contributed by atoms with E-state index in [4.69, 9.17) is 21.5 Å². The Labute approximate surface area is 386 Å². The van der Waals surface area contributed by atoms with Crippen LogP contribution in [0.25, 0.3) is 10.8 Å². The van der Waals surface area contributed by atoms with Gasteiger partial charge in [0.25, 0.3) is 5.91 Å². The number of carbonyl (C=O) groups is 6. The number of amides is 3. The summed E-state index contributed by atoms with van der Waals surface area (Å²) in [6, 6.07) is 7.48. The van der Waals surface area contributed by atoms with E-state index in [0.717, 1.165) is 11.0 Å². The molecule has 24 nitrogen and oxygen atoms in total. The highest BCUT2D eigenvalue weighted by molar-refractivity contribution is 7.91. The van der Waals surface area contributed by atoms with E-state index in [0.29, 0.717) is 22.1 Å². The van der Waals surface area contributed by atoms with E-state index in [1.807, 2.05) is 0 Å². The van der Waals surface area contributed by atoms with Crippen molar-refractivity contribution in [2.24, 2.45) is 5.14 Å². The number of primary sulfonamides is 1. The number of carbonyl (C=O) groups excluding carboxylic acids is 3. The summed E-state index contributed by atoms with van der Waals surface area (Å²) in [6.07, 6.45) is -2.00. The largest absolute Gasteiger partial charge is 0.483 e. The monoisotopic (exact) mass is 983 g/mol. The number of rotatable bonds is 21. The number of aliphatic hydroxyl groups excluding tert-OH is 1. The summed E-state index contributed by atoms with van der Waals surface area (Å²) in [7, 11) is -4.43. The van der Waals surface area contributed by atoms with Crippen LogP contribution in [0.4, 0.5) is 5.69 Å². The van der Waals surface area contributed by atoms with E-state index >= 15 is 0 Å². The van der Waals surface area contributed by atoms with Gasteiger partial charge in [-0.05, 0) is 36.4 Å². The van der Waals surface area contributed by atoms with Gasteiger partial charge in [0.2, 0.25) is 21.8 Å². The summed E-state index contributed by atoms with van der Waals surface area (Å²) in [6.45, 7) is -0.527. The van der Waals surface area contributed by atoms with E-state index in [2.05, 4.69) is 16.0 Å². The molecule has 2 aliphatic heterocycles. The second-order valence-electron chi connectivity index (χ2n) is 15.5. The van der Waals surface area contributed by atoms with Crippen LogP contribution in [0.15, 0.2) is 46.7 Å². The van der Waals surface area contributed by atoms with Gasteiger partial charge in [0.1, 0.15) is 29.1 Å². The fourth-order valence-electron chi connectivity index (χ4n) is 7.81. The van der Waals surface area contributed by atoms with Gasteiger partial charge in [-0.25, -0.2) is 13.6 Å². The number of nitrogens with two attached hydrogens (primary N) is 1. The molecule has 3 aromatic rings. The number of carboxylic acid groups (broad SMARTS) is 3. The number of nitrogens with one attached hydrogen (secondary N) is 3. The molecule has 2 aliphatic rings. The Hall–Kier alpha value is -5.58. The summed E-state index contributed by atoms with van der Waals surface area (Å²) >= 11 is 6.62. The van der Waals surface area contributed by atoms with Crippen molar-refractivity contribution in [2.75, 3.05) is 78.6 Å². The van der Waals surface area contributed by atoms with Crippen molar-refractivity contribution in [3.05, 3.63) is 62.5 Å². The van der Waals surface area contributed by atoms with Gasteiger partial charge < -0.3 is 40.7 Å². The lowest BCUT2D eigenvalue weighted by atomic mass is 10.1. The first kappa shape index (κ1) is 51.4. The molecule has 2 fully saturated rings. The molecule has 0 spiro atoms. The number of sulfonamides is 1. The first-order valence-corrected chi connectivity index (χ1v) is 23.2. The number of halogens is 1. The maximum absolute atomic E-state index is 13.9. The molecule has 360 valence electrons. The van der Waals surface area contributed by atoms with Gasteiger partial charge in [-0.2, -0.15) is 0 Å². The number of nitrogens with zero attached hydrogens (tertiary/aromatic N) is 5. The average Bonchev–Trinajstić information content (AvgIpc) is 3.88. The van der Waals surface area contributed by atoms with E-state index in [1.54, 1.807) is 45.0 Å². The quantitative estimate of drug-likeness (QED) is 0.0281. The molecule has 0 saturated carbocycles. The number of ether oxygens (including phenoxy) is 1. The average molecular weight is 984 g/mol. The fourth-order valence-corrected chi connectivity index (χ4v) is 10.1. The Morgan fingerprint density at radius 2 is 1.56 bits per heavy atom. The number of nitro groups is 1. The zero-order valence-electron chi connectivity index (χ0n) is 35.2. The molecule has 27 heteroatoms. The van der Waals surface area contributed by atoms with Crippen LogP contribution in [0.1, 0.15) is 29.6 Å². The van der Waals surface area contributed by atoms with Crippen LogP contribution in [0.3, 0.4) is 0 Å². The van der Waals surface area contributed by atoms with Gasteiger partial charge in [0.05, 0.1) is 33.3 Å². The van der Waals surface area contributed by atoms with Crippen LogP contribution in [0.5, 0.6) is 5.75 Å². The van der Waals surface area contributed by atoms with Crippen LogP contribution >= 0.6 is 22.9 Å². The minimum absolute atomic E-state index is 0.0693. The molecule has 3 heterocycles. The Morgan fingerprint density at radius 1 is 0.939 bits per heavy atom. The van der Waals surface area contributed by atoms with Crippen molar-refractivity contribution >= 4 is 85.1 Å². The fraction of sp³-hybridized carbons (Fsp3) is 0.487. The molecule has 2 saturated heterocycles. The summed E-state index contributed by atoms with van der Waals surface area (Å²) < 4.78 is 29.8. The topological polar surface area (TPSA) is 345 Å². The second kappa shape index (κ2) is 23.2. The second-order valence-corrected chi connectivity index (χ2v) is 18.9. The molecule has 3 amide bonds. The van der Waals surface area contributed by atoms with Gasteiger partial charge in [-0.1, -0.05) is 35.9 Å². The highest BCUT2D eigenvalue weighted by atomic mass is 35.5. The molecular weight excluding hydrogens is 934 g/mol. The third-order valence-electron chi connectivity index (χ3n) is 10.9. The van der Waals surface area contributed by atoms with Gasteiger partial charge in [0.15, 0.2) is 5.75 Å². The molecule has 4 atom stereocenters. The van der Waals surface area contributed by atoms with Crippen LogP contribution in [-0.4, -0.2) is 192 Å². The molecule has 0 aliphatic carbocycles. The van der Waals surface area contributed by atoms with E-state index in [9.17, 15) is 67.7 Å². The third kappa shape index (κ3) is 14.2. The van der Waals surface area contributed by atoms with Crippen LogP contribution in [0, 0.1) is 10.1 Å². The number of thiophene rings is 1. The lowest BCUT2D eigenvalue weighted by Crippen LogP contribution is -2.48. The van der Waals surface area contributed by atoms with E-state index in [-0.39, 0.29) is 113 Å². The summed E-state index contributed by atoms with van der Waals surface area (Å²) in [4.78, 5) is 92.9. The zero-order valence-corrected chi connectivity index (χ0v) is 37.6. The van der Waals surface area contributed by atoms with Crippen molar-refractivity contribution in [1.82, 2.24) is 35.6 Å². The molecule has 0 bridgehead atoms. The number of carboxylic acids is 3. The number of likely N-dealkylation sites (tertiary alicyclic amines) is 1. The van der Waals surface area contributed by atoms with Crippen LogP contribution < -0.4 is 25.8 Å². The highest BCUT2D eigenvalue weighted by Crippen LogP contribution is 2.36. The minimum atomic E-state index is -4.43. The molecule has 2 aromatic carbocycles. The minimum Gasteiger partial charge on any atom is -0.483 e. The van der Waals surface area contributed by atoms with Gasteiger partial charge >= 0.3 is 23.6 Å². The van der Waals surface area contributed by atoms with E-state index < -0.39 is 85.7 Å². The number of hydrogen-bond acceptors (Lipinski definition) is 17. The Kier molecular flexibility index (Phi) is 18.1. The highest BCUT2D eigenvalue weighted by Gasteiger charge is 2.42. The Balaban J connectivity index is 1.19. The lowest BCUT2D eigenvalue weighted by molar-refractivity contribution is -0.384. The first-order chi connectivity index (χ1) is 31.2. The summed E-state index contributed by atoms with van der Waals surface area (Å²) in [5.74, 6) is -5.73. The molecule has 1 aromatic heterocycles. The SMILES string of the molecule is NS(=O)(=O)c1sc(Cl)cc1C(=O)N1C[C@H](NC(O)COc2ccc3ccccc3c2[N+](=O)[O-])C[C@@H]1C(=O)NCCNC(=O)CCC(C(=O)O)N1CCN(CC(=O)O)CCN(CC(=O)O)CC1. The van der Waals surface area contributed by atoms with Crippen molar-refractivity contribution in [2.45, 2.75) is 47.8 Å². The standard InChI is InChI=1S/C39H50ClN9O15S2/c40-30-18-26(39(65-30)66(41,62)63)37(57)48-19-24(44-32(51)22-64-29-7-5-23-3-1-2-4-25(23)35(29)49(60)61)17-28(48)36(56)43-10-9-42-31(50)8-6-27(38(58)59)47-15-13-45(20-33(52)53)11-12-46(14-16-47)21-34(54)55/h1-5,7,18,24,27-28,32,44,51H,6,8-17,19-22H2,(H,42,50)(H,43,56)(H,52,53)(H,54,55)(H,58,59)(H2,41,62,63)/t24-,27?,28-,32?/m1/s1. The van der Waals surface area contributed by atoms with Crippen molar-refractivity contribution in [3.8, 4) is 5.75 Å². The first-order valence-electron chi connectivity index (χ1n) is 20.5. The number of benzene rings is 2. The maximum atomic E-state index is 13.9. The third-order valence-corrected chi connectivity index (χ3v) is 13.6. The lowest BCUT2D eigenvalue weighted by Gasteiger charge is -2.30. The van der Waals surface area contributed by atoms with Crippen molar-refractivity contribution < 1.29 is 67.3 Å². The smallest absolute Gasteiger partial charge is 0.320 e. The molecular formula is C39H50ClN9O15S2. The van der Waals surface area contributed by atoms with E-state index in [1.165, 1.54) is 6.07 Å². The van der Waals surface area contributed by atoms with Gasteiger partial charge in [0, 0.05) is 71.4 Å². The molecule has 0 radical (unpaired) electrons. The number of aliphatic carboxylic acids is 3. The zero-order chi connectivity index (χ0) is 48.3. The normalized spacial score (nSPS) is 18.7. The van der Waals surface area contributed by atoms with Crippen LogP contribution in [0.2, 0.25) is 4.34 Å². The van der Waals surface area contributed by atoms with Crippen molar-refractivity contribution in [3.63, 3.8) is 0 Å². The number of hydrogen-bond donors (Lipinski definition) is 8.